The highest BCUT2D eigenvalue weighted by Crippen LogP contribution is 2.33. The van der Waals surface area contributed by atoms with Gasteiger partial charge in [0.25, 0.3) is 0 Å². The first kappa shape index (κ1) is 15.1. The van der Waals surface area contributed by atoms with Gasteiger partial charge in [-0.15, -0.1) is 0 Å². The third-order valence-electron chi connectivity index (χ3n) is 3.33. The summed E-state index contributed by atoms with van der Waals surface area (Å²) in [7, 11) is 1.54. The van der Waals surface area contributed by atoms with Gasteiger partial charge < -0.3 is 0 Å². The molecule has 1 fully saturated rings. The molecule has 5 nitrogen and oxygen atoms in total. The van der Waals surface area contributed by atoms with Crippen LogP contribution >= 0.6 is 0 Å². The Kier molecular flexibility index (Phi) is 5.42. The van der Waals surface area contributed by atoms with Crippen LogP contribution in [0.3, 0.4) is 0 Å². The molecule has 0 radical (unpaired) electrons. The second-order valence-corrected chi connectivity index (χ2v) is 4.47. The van der Waals surface area contributed by atoms with Gasteiger partial charge >= 0.3 is 6.15 Å². The minimum absolute atomic E-state index is 0.00246. The summed E-state index contributed by atoms with van der Waals surface area (Å²) in [4.78, 5) is 33.1. The molecule has 0 spiro atoms. The van der Waals surface area contributed by atoms with E-state index in [1.165, 1.54) is 16.2 Å². The number of nitrogens with zero attached hydrogens (tertiary/aromatic N) is 1. The number of rotatable bonds is 2. The number of carbonyl (C=O) groups is 1. The fraction of sp³-hybridized carbons (Fsp3) is 0.429. The van der Waals surface area contributed by atoms with E-state index in [9.17, 15) is 4.79 Å². The predicted octanol–water partition coefficient (Wildman–Crippen LogP) is 1.53. The predicted molar refractivity (Wildman–Crippen MR) is 66.8 cm³/mol. The normalized spacial score (nSPS) is 21.6. The van der Waals surface area contributed by atoms with Crippen molar-refractivity contribution in [1.82, 2.24) is 5.06 Å². The topological polar surface area (TPSA) is 63.7 Å². The Labute approximate surface area is 112 Å². The minimum Gasteiger partial charge on any atom is -0.274 e. The molecule has 0 aliphatic carbocycles. The first-order valence-electron chi connectivity index (χ1n) is 5.96. The summed E-state index contributed by atoms with van der Waals surface area (Å²) in [5.41, 5.74) is 2.45. The molecule has 1 aromatic carbocycles. The van der Waals surface area contributed by atoms with Gasteiger partial charge in [-0.05, 0) is 12.5 Å². The Balaban J connectivity index is 0.000000550. The molecule has 5 heteroatoms. The lowest BCUT2D eigenvalue weighted by Gasteiger charge is -2.13. The van der Waals surface area contributed by atoms with Crippen LogP contribution in [0.2, 0.25) is 0 Å². The molecule has 0 saturated carbocycles. The molecule has 1 amide bonds. The third-order valence-corrected chi connectivity index (χ3v) is 3.33. The van der Waals surface area contributed by atoms with E-state index < -0.39 is 0 Å². The first-order chi connectivity index (χ1) is 9.04. The monoisotopic (exact) mass is 263 g/mol. The fourth-order valence-corrected chi connectivity index (χ4v) is 2.20. The molecule has 1 aromatic rings. The highest BCUT2D eigenvalue weighted by atomic mass is 16.7. The van der Waals surface area contributed by atoms with Gasteiger partial charge in [-0.3, -0.25) is 9.63 Å². The molecule has 1 heterocycles. The van der Waals surface area contributed by atoms with Gasteiger partial charge in [-0.25, -0.2) is 5.06 Å². The van der Waals surface area contributed by atoms with Gasteiger partial charge in [0.15, 0.2) is 0 Å². The molecule has 0 unspecified atom stereocenters. The molecular formula is C14H17NO4. The number of carbonyl (C=O) groups excluding carboxylic acids is 3. The first-order valence-corrected chi connectivity index (χ1v) is 5.96. The number of aryl methyl sites for hydroxylation is 1. The lowest BCUT2D eigenvalue weighted by Crippen LogP contribution is -2.25. The number of hydroxylamine groups is 2. The Morgan fingerprint density at radius 2 is 1.79 bits per heavy atom. The van der Waals surface area contributed by atoms with Crippen LogP contribution < -0.4 is 0 Å². The second kappa shape index (κ2) is 6.83. The van der Waals surface area contributed by atoms with Crippen LogP contribution in [0.15, 0.2) is 24.3 Å². The summed E-state index contributed by atoms with van der Waals surface area (Å²) in [6.07, 6.45) is 0.250. The molecule has 2 rings (SSSR count). The van der Waals surface area contributed by atoms with Gasteiger partial charge in [-0.1, -0.05) is 36.8 Å². The van der Waals surface area contributed by atoms with Crippen molar-refractivity contribution in [2.24, 2.45) is 5.92 Å². The van der Waals surface area contributed by atoms with Crippen molar-refractivity contribution < 1.29 is 19.2 Å². The smallest absolute Gasteiger partial charge is 0.274 e. The van der Waals surface area contributed by atoms with E-state index in [2.05, 4.69) is 31.2 Å². The Bertz CT molecular complexity index is 463. The van der Waals surface area contributed by atoms with E-state index in [0.29, 0.717) is 6.54 Å². The molecular weight excluding hydrogens is 246 g/mol. The number of hydrogen-bond donors (Lipinski definition) is 0. The van der Waals surface area contributed by atoms with Crippen LogP contribution in [0.4, 0.5) is 0 Å². The third kappa shape index (κ3) is 3.50. The summed E-state index contributed by atoms with van der Waals surface area (Å²) in [5.74, 6) is 0.323. The van der Waals surface area contributed by atoms with Crippen LogP contribution in [0.25, 0.3) is 0 Å². The number of benzene rings is 1. The van der Waals surface area contributed by atoms with Crippen LogP contribution in [-0.2, 0) is 19.2 Å². The molecule has 0 N–H and O–H groups in total. The van der Waals surface area contributed by atoms with Gasteiger partial charge in [0, 0.05) is 11.8 Å². The quantitative estimate of drug-likeness (QED) is 0.811. The summed E-state index contributed by atoms with van der Waals surface area (Å²) in [6, 6.07) is 8.37. The van der Waals surface area contributed by atoms with Crippen molar-refractivity contribution in [3.63, 3.8) is 0 Å². The summed E-state index contributed by atoms with van der Waals surface area (Å²) >= 11 is 0. The lowest BCUT2D eigenvalue weighted by atomic mass is 9.90. The summed E-state index contributed by atoms with van der Waals surface area (Å²) in [5, 5.41) is 1.45. The zero-order chi connectivity index (χ0) is 14.4. The average Bonchev–Trinajstić information content (AvgIpc) is 2.68. The van der Waals surface area contributed by atoms with Crippen molar-refractivity contribution in [2.45, 2.75) is 19.8 Å². The van der Waals surface area contributed by atoms with Crippen molar-refractivity contribution >= 4 is 12.1 Å². The molecule has 1 aliphatic rings. The molecule has 102 valence electrons. The maximum Gasteiger partial charge on any atom is 0.373 e. The van der Waals surface area contributed by atoms with Crippen molar-refractivity contribution in [1.29, 1.82) is 0 Å². The zero-order valence-electron chi connectivity index (χ0n) is 11.3. The molecule has 19 heavy (non-hydrogen) atoms. The average molecular weight is 263 g/mol. The highest BCUT2D eigenvalue weighted by Gasteiger charge is 2.38. The number of hydrogen-bond acceptors (Lipinski definition) is 4. The van der Waals surface area contributed by atoms with Gasteiger partial charge in [0.1, 0.15) is 0 Å². The molecule has 0 bridgehead atoms. The minimum atomic E-state index is 0.00246. The van der Waals surface area contributed by atoms with Crippen LogP contribution in [0, 0.1) is 12.8 Å². The molecule has 2 atom stereocenters. The maximum absolute atomic E-state index is 11.8. The highest BCUT2D eigenvalue weighted by molar-refractivity contribution is 5.81. The summed E-state index contributed by atoms with van der Waals surface area (Å²) in [6.45, 7) is 4.68. The molecule has 0 aromatic heterocycles. The van der Waals surface area contributed by atoms with E-state index in [1.807, 2.05) is 6.92 Å². The van der Waals surface area contributed by atoms with Gasteiger partial charge in [0.2, 0.25) is 5.91 Å². The van der Waals surface area contributed by atoms with E-state index in [-0.39, 0.29) is 23.9 Å². The molecule has 1 aliphatic heterocycles. The Morgan fingerprint density at radius 3 is 2.21 bits per heavy atom. The lowest BCUT2D eigenvalue weighted by molar-refractivity contribution is -0.191. The number of amides is 1. The SMILES string of the molecule is CON1C[C@H](c2ccc(C)cc2)[C@@H](C)C1=O.O=C=O. The van der Waals surface area contributed by atoms with E-state index in [1.54, 1.807) is 7.11 Å². The molecule has 1 saturated heterocycles. The van der Waals surface area contributed by atoms with Crippen LogP contribution in [-0.4, -0.2) is 30.8 Å². The van der Waals surface area contributed by atoms with E-state index in [0.717, 1.165) is 0 Å². The Morgan fingerprint density at radius 1 is 1.26 bits per heavy atom. The summed E-state index contributed by atoms with van der Waals surface area (Å²) < 4.78 is 0. The van der Waals surface area contributed by atoms with Gasteiger partial charge in [0.05, 0.1) is 13.7 Å². The van der Waals surface area contributed by atoms with E-state index >= 15 is 0 Å². The van der Waals surface area contributed by atoms with Crippen LogP contribution in [0.1, 0.15) is 24.0 Å². The zero-order valence-corrected chi connectivity index (χ0v) is 11.3. The maximum atomic E-state index is 11.8. The van der Waals surface area contributed by atoms with E-state index in [4.69, 9.17) is 14.4 Å². The fourth-order valence-electron chi connectivity index (χ4n) is 2.20. The van der Waals surface area contributed by atoms with Crippen molar-refractivity contribution in [2.75, 3.05) is 13.7 Å². The van der Waals surface area contributed by atoms with Gasteiger partial charge in [-0.2, -0.15) is 9.59 Å². The van der Waals surface area contributed by atoms with Crippen LogP contribution in [0.5, 0.6) is 0 Å². The van der Waals surface area contributed by atoms with Crippen molar-refractivity contribution in [3.05, 3.63) is 35.4 Å². The standard InChI is InChI=1S/C13H17NO2.CO2/c1-9-4-6-11(7-5-9)12-8-14(16-3)13(15)10(12)2;2-1-3/h4-7,10,12H,8H2,1-3H3;/t10-,12+;/m1./s1. The van der Waals surface area contributed by atoms with Crippen molar-refractivity contribution in [3.8, 4) is 0 Å². The second-order valence-electron chi connectivity index (χ2n) is 4.47. The largest absolute Gasteiger partial charge is 0.373 e. The Hall–Kier alpha value is -1.97.